The van der Waals surface area contributed by atoms with Gasteiger partial charge in [0.25, 0.3) is 0 Å². The van der Waals surface area contributed by atoms with Crippen molar-refractivity contribution in [2.45, 2.75) is 71.3 Å². The summed E-state index contributed by atoms with van der Waals surface area (Å²) in [5.41, 5.74) is 6.43. The van der Waals surface area contributed by atoms with E-state index in [1.54, 1.807) is 0 Å². The highest BCUT2D eigenvalue weighted by Crippen LogP contribution is 2.46. The maximum atomic E-state index is 13.6. The molecule has 27 heavy (non-hydrogen) atoms. The molecular formula is C22H45FN2O2. The Labute approximate surface area is 168 Å². The lowest BCUT2D eigenvalue weighted by atomic mass is 10.0. The molecule has 4 N–H and O–H groups in total. The van der Waals surface area contributed by atoms with Gasteiger partial charge in [-0.25, -0.2) is 4.39 Å². The number of halogens is 1. The SMILES string of the molecule is CC.CCCCCN.CNC1(c2ccc(F)c(OCC3CC3)c2)CC1.CO.[HH].[HH]. The van der Waals surface area contributed by atoms with Crippen LogP contribution in [-0.2, 0) is 5.54 Å². The molecule has 1 aromatic rings. The summed E-state index contributed by atoms with van der Waals surface area (Å²) in [4.78, 5) is 0. The predicted octanol–water partition coefficient (Wildman–Crippen LogP) is 5.09. The molecule has 0 heterocycles. The van der Waals surface area contributed by atoms with Gasteiger partial charge in [0.1, 0.15) is 0 Å². The van der Waals surface area contributed by atoms with Gasteiger partial charge >= 0.3 is 0 Å². The summed E-state index contributed by atoms with van der Waals surface area (Å²) in [6, 6.07) is 5.25. The fourth-order valence-corrected chi connectivity index (χ4v) is 2.61. The van der Waals surface area contributed by atoms with Crippen LogP contribution in [0, 0.1) is 11.7 Å². The maximum Gasteiger partial charge on any atom is 0.165 e. The van der Waals surface area contributed by atoms with E-state index in [0.29, 0.717) is 18.3 Å². The lowest BCUT2D eigenvalue weighted by Crippen LogP contribution is -2.24. The molecular weight excluding hydrogens is 343 g/mol. The van der Waals surface area contributed by atoms with E-state index in [9.17, 15) is 4.39 Å². The molecule has 0 amide bonds. The van der Waals surface area contributed by atoms with Crippen LogP contribution in [0.1, 0.15) is 74.1 Å². The van der Waals surface area contributed by atoms with Crippen molar-refractivity contribution in [3.05, 3.63) is 29.6 Å². The number of hydrogen-bond donors (Lipinski definition) is 3. The van der Waals surface area contributed by atoms with Crippen LogP contribution in [-0.4, -0.2) is 32.4 Å². The number of rotatable bonds is 8. The van der Waals surface area contributed by atoms with E-state index in [0.717, 1.165) is 32.1 Å². The average molecular weight is 389 g/mol. The highest BCUT2D eigenvalue weighted by Gasteiger charge is 2.43. The molecule has 2 fully saturated rings. The second-order valence-electron chi connectivity index (χ2n) is 6.73. The minimum absolute atomic E-state index is 0. The Bertz CT molecular complexity index is 496. The van der Waals surface area contributed by atoms with E-state index < -0.39 is 0 Å². The molecule has 5 heteroatoms. The zero-order chi connectivity index (χ0) is 20.7. The largest absolute Gasteiger partial charge is 0.490 e. The topological polar surface area (TPSA) is 67.5 Å². The first-order chi connectivity index (χ1) is 13.1. The number of aliphatic hydroxyl groups excluding tert-OH is 1. The van der Waals surface area contributed by atoms with Crippen LogP contribution in [0.5, 0.6) is 5.75 Å². The molecule has 0 radical (unpaired) electrons. The summed E-state index contributed by atoms with van der Waals surface area (Å²) in [6.45, 7) is 7.69. The summed E-state index contributed by atoms with van der Waals surface area (Å²) in [5, 5.41) is 10.3. The van der Waals surface area contributed by atoms with Crippen molar-refractivity contribution in [2.24, 2.45) is 11.7 Å². The smallest absolute Gasteiger partial charge is 0.165 e. The molecule has 4 nitrogen and oxygen atoms in total. The van der Waals surface area contributed by atoms with Crippen LogP contribution in [0.15, 0.2) is 18.2 Å². The summed E-state index contributed by atoms with van der Waals surface area (Å²) in [6.07, 6.45) is 8.45. The van der Waals surface area contributed by atoms with Crippen molar-refractivity contribution in [3.63, 3.8) is 0 Å². The van der Waals surface area contributed by atoms with Crippen LogP contribution in [0.4, 0.5) is 4.39 Å². The van der Waals surface area contributed by atoms with Crippen LogP contribution in [0.2, 0.25) is 0 Å². The van der Waals surface area contributed by atoms with Gasteiger partial charge in [-0.05, 0) is 69.3 Å². The van der Waals surface area contributed by atoms with E-state index in [4.69, 9.17) is 15.6 Å². The number of unbranched alkanes of at least 4 members (excludes halogenated alkanes) is 2. The van der Waals surface area contributed by atoms with Gasteiger partial charge in [0.05, 0.1) is 6.61 Å². The van der Waals surface area contributed by atoms with Crippen molar-refractivity contribution in [2.75, 3.05) is 27.3 Å². The van der Waals surface area contributed by atoms with E-state index >= 15 is 0 Å². The van der Waals surface area contributed by atoms with Crippen molar-refractivity contribution in [1.82, 2.24) is 5.32 Å². The van der Waals surface area contributed by atoms with Crippen molar-refractivity contribution < 1.29 is 17.1 Å². The van der Waals surface area contributed by atoms with Gasteiger partial charge in [-0.15, -0.1) is 0 Å². The Kier molecular flexibility index (Phi) is 14.2. The number of hydrogen-bond acceptors (Lipinski definition) is 4. The summed E-state index contributed by atoms with van der Waals surface area (Å²) in [5.74, 6) is 0.814. The maximum absolute atomic E-state index is 13.6. The quantitative estimate of drug-likeness (QED) is 0.543. The fourth-order valence-electron chi connectivity index (χ4n) is 2.61. The number of aliphatic hydroxyl groups is 1. The summed E-state index contributed by atoms with van der Waals surface area (Å²) in [7, 11) is 2.96. The lowest BCUT2D eigenvalue weighted by molar-refractivity contribution is 0.284. The van der Waals surface area contributed by atoms with Gasteiger partial charge in [-0.2, -0.15) is 0 Å². The Balaban J connectivity index is -0.000000487. The average Bonchev–Trinajstić information content (AvgIpc) is 3.64. The molecule has 0 unspecified atom stereocenters. The zero-order valence-electron chi connectivity index (χ0n) is 18.0. The Hall–Kier alpha value is -1.17. The van der Waals surface area contributed by atoms with Gasteiger partial charge in [-0.3, -0.25) is 0 Å². The van der Waals surface area contributed by atoms with E-state index in [1.807, 2.05) is 33.0 Å². The molecule has 1 aromatic carbocycles. The lowest BCUT2D eigenvalue weighted by Gasteiger charge is -2.16. The van der Waals surface area contributed by atoms with Crippen molar-refractivity contribution >= 4 is 0 Å². The Morgan fingerprint density at radius 2 is 1.89 bits per heavy atom. The molecule has 0 spiro atoms. The molecule has 0 aromatic heterocycles. The third-order valence-electron chi connectivity index (χ3n) is 4.69. The second-order valence-corrected chi connectivity index (χ2v) is 6.73. The van der Waals surface area contributed by atoms with E-state index in [1.165, 1.54) is 38.2 Å². The van der Waals surface area contributed by atoms with E-state index in [-0.39, 0.29) is 14.2 Å². The second kappa shape index (κ2) is 14.8. The minimum Gasteiger partial charge on any atom is -0.490 e. The number of nitrogens with one attached hydrogen (secondary N) is 1. The molecule has 2 saturated carbocycles. The summed E-state index contributed by atoms with van der Waals surface area (Å²) >= 11 is 0. The molecule has 2 aliphatic carbocycles. The van der Waals surface area contributed by atoms with Crippen LogP contribution in [0.25, 0.3) is 0 Å². The molecule has 0 atom stereocenters. The highest BCUT2D eigenvalue weighted by molar-refractivity contribution is 5.37. The third-order valence-corrected chi connectivity index (χ3v) is 4.69. The van der Waals surface area contributed by atoms with Gasteiger partial charge in [0, 0.05) is 15.5 Å². The standard InChI is InChI=1S/C14H18FNO.C5H13N.C2H6.CH4O.2H2/c1-16-14(6-7-14)11-4-5-12(15)13(8-11)17-9-10-2-3-10;1-2-3-4-5-6;2*1-2;;/h4-5,8,10,16H,2-3,6-7,9H2,1H3;2-6H2,1H3;1-2H3;2H,1H3;2*1H. The molecule has 162 valence electrons. The number of ether oxygens (including phenoxy) is 1. The van der Waals surface area contributed by atoms with Gasteiger partial charge in [0.15, 0.2) is 11.6 Å². The fraction of sp³-hybridized carbons (Fsp3) is 0.727. The Morgan fingerprint density at radius 1 is 1.26 bits per heavy atom. The normalized spacial score (nSPS) is 15.9. The molecule has 0 aliphatic heterocycles. The molecule has 3 rings (SSSR count). The van der Waals surface area contributed by atoms with Crippen LogP contribution < -0.4 is 15.8 Å². The van der Waals surface area contributed by atoms with Crippen LogP contribution in [0.3, 0.4) is 0 Å². The first kappa shape index (κ1) is 25.8. The molecule has 0 bridgehead atoms. The van der Waals surface area contributed by atoms with Gasteiger partial charge in [0.2, 0.25) is 0 Å². The molecule has 2 aliphatic rings. The van der Waals surface area contributed by atoms with Gasteiger partial charge < -0.3 is 20.9 Å². The third kappa shape index (κ3) is 9.54. The molecule has 0 saturated heterocycles. The van der Waals surface area contributed by atoms with Crippen molar-refractivity contribution in [1.29, 1.82) is 0 Å². The first-order valence-corrected chi connectivity index (χ1v) is 10.4. The van der Waals surface area contributed by atoms with E-state index in [2.05, 4.69) is 12.2 Å². The summed E-state index contributed by atoms with van der Waals surface area (Å²) < 4.78 is 19.2. The van der Waals surface area contributed by atoms with Crippen LogP contribution >= 0.6 is 0 Å². The number of nitrogens with two attached hydrogens (primary N) is 1. The Morgan fingerprint density at radius 3 is 2.30 bits per heavy atom. The predicted molar refractivity (Wildman–Crippen MR) is 117 cm³/mol. The monoisotopic (exact) mass is 388 g/mol. The highest BCUT2D eigenvalue weighted by atomic mass is 19.1. The minimum atomic E-state index is -0.249. The zero-order valence-corrected chi connectivity index (χ0v) is 18.0. The first-order valence-electron chi connectivity index (χ1n) is 10.4. The van der Waals surface area contributed by atoms with Gasteiger partial charge in [-0.1, -0.05) is 39.7 Å². The number of benzene rings is 1. The van der Waals surface area contributed by atoms with Crippen molar-refractivity contribution in [3.8, 4) is 5.75 Å².